The molecule has 2 rings (SSSR count). The Morgan fingerprint density at radius 2 is 2.00 bits per heavy atom. The van der Waals surface area contributed by atoms with Gasteiger partial charge in [0.05, 0.1) is 0 Å². The summed E-state index contributed by atoms with van der Waals surface area (Å²) in [5.74, 6) is -0.00549. The van der Waals surface area contributed by atoms with Crippen molar-refractivity contribution < 1.29 is 9.59 Å². The van der Waals surface area contributed by atoms with E-state index in [1.807, 2.05) is 45.0 Å². The summed E-state index contributed by atoms with van der Waals surface area (Å²) >= 11 is 0. The maximum absolute atomic E-state index is 12.8. The van der Waals surface area contributed by atoms with Crippen molar-refractivity contribution in [2.75, 3.05) is 18.0 Å². The van der Waals surface area contributed by atoms with Crippen molar-refractivity contribution in [3.63, 3.8) is 0 Å². The van der Waals surface area contributed by atoms with Gasteiger partial charge in [-0.2, -0.15) is 0 Å². The lowest BCUT2D eigenvalue weighted by atomic mass is 10.0. The molecule has 3 amide bonds. The molecule has 114 valence electrons. The summed E-state index contributed by atoms with van der Waals surface area (Å²) in [4.78, 5) is 26.3. The van der Waals surface area contributed by atoms with E-state index < -0.39 is 6.04 Å². The molecule has 0 aromatic heterocycles. The molecule has 1 heterocycles. The fraction of sp³-hybridized carbons (Fsp3) is 0.500. The van der Waals surface area contributed by atoms with Gasteiger partial charge < -0.3 is 15.5 Å². The van der Waals surface area contributed by atoms with Crippen LogP contribution >= 0.6 is 0 Å². The zero-order valence-corrected chi connectivity index (χ0v) is 12.8. The van der Waals surface area contributed by atoms with Crippen molar-refractivity contribution in [1.82, 2.24) is 10.6 Å². The number of benzene rings is 1. The number of anilines is 1. The maximum Gasteiger partial charge on any atom is 0.315 e. The molecule has 5 nitrogen and oxygen atoms in total. The number of amides is 3. The Hall–Kier alpha value is -2.04. The third-order valence-electron chi connectivity index (χ3n) is 3.71. The number of nitrogens with zero attached hydrogens (tertiary/aromatic N) is 1. The molecule has 5 heteroatoms. The smallest absolute Gasteiger partial charge is 0.315 e. The van der Waals surface area contributed by atoms with Gasteiger partial charge in [0.1, 0.15) is 6.04 Å². The normalized spacial score (nSPS) is 14.8. The second-order valence-electron chi connectivity index (χ2n) is 5.59. The average Bonchev–Trinajstić information content (AvgIpc) is 2.88. The maximum atomic E-state index is 12.8. The van der Waals surface area contributed by atoms with Gasteiger partial charge in [-0.3, -0.25) is 4.79 Å². The summed E-state index contributed by atoms with van der Waals surface area (Å²) < 4.78 is 0. The third kappa shape index (κ3) is 3.35. The van der Waals surface area contributed by atoms with E-state index >= 15 is 0 Å². The number of para-hydroxylation sites is 1. The van der Waals surface area contributed by atoms with Crippen molar-refractivity contribution in [3.8, 4) is 0 Å². The summed E-state index contributed by atoms with van der Waals surface area (Å²) in [7, 11) is 0. The van der Waals surface area contributed by atoms with Crippen LogP contribution in [0.2, 0.25) is 0 Å². The minimum absolute atomic E-state index is 0.0351. The van der Waals surface area contributed by atoms with Crippen molar-refractivity contribution in [2.24, 2.45) is 5.92 Å². The summed E-state index contributed by atoms with van der Waals surface area (Å²) in [6, 6.07) is 7.12. The lowest BCUT2D eigenvalue weighted by Gasteiger charge is -2.27. The van der Waals surface area contributed by atoms with Crippen molar-refractivity contribution in [2.45, 2.75) is 33.2 Å². The first kappa shape index (κ1) is 15.4. The molecule has 0 aliphatic carbocycles. The molecular formula is C16H23N3O2. The molecule has 0 spiro atoms. The molecule has 1 aliphatic rings. The molecule has 0 saturated carbocycles. The molecule has 0 bridgehead atoms. The molecule has 1 atom stereocenters. The van der Waals surface area contributed by atoms with E-state index in [9.17, 15) is 9.59 Å². The van der Waals surface area contributed by atoms with Crippen molar-refractivity contribution in [3.05, 3.63) is 29.8 Å². The number of hydrogen-bond acceptors (Lipinski definition) is 2. The van der Waals surface area contributed by atoms with Crippen LogP contribution in [-0.2, 0) is 11.2 Å². The number of urea groups is 1. The molecule has 1 aromatic carbocycles. The highest BCUT2D eigenvalue weighted by atomic mass is 16.2. The lowest BCUT2D eigenvalue weighted by molar-refractivity contribution is -0.121. The van der Waals surface area contributed by atoms with E-state index in [1.54, 1.807) is 4.90 Å². The molecule has 0 unspecified atom stereocenters. The van der Waals surface area contributed by atoms with Gasteiger partial charge in [0.2, 0.25) is 5.91 Å². The summed E-state index contributed by atoms with van der Waals surface area (Å²) in [6.07, 6.45) is 0.869. The second-order valence-corrected chi connectivity index (χ2v) is 5.59. The van der Waals surface area contributed by atoms with Crippen LogP contribution in [0.1, 0.15) is 26.3 Å². The first-order chi connectivity index (χ1) is 10.0. The van der Waals surface area contributed by atoms with Gasteiger partial charge in [-0.25, -0.2) is 4.79 Å². The molecule has 2 N–H and O–H groups in total. The Labute approximate surface area is 125 Å². The molecule has 0 saturated heterocycles. The molecule has 21 heavy (non-hydrogen) atoms. The molecule has 0 radical (unpaired) electrons. The van der Waals surface area contributed by atoms with Crippen molar-refractivity contribution in [1.29, 1.82) is 0 Å². The fourth-order valence-electron chi connectivity index (χ4n) is 2.60. The van der Waals surface area contributed by atoms with Gasteiger partial charge >= 0.3 is 6.03 Å². The zero-order valence-electron chi connectivity index (χ0n) is 12.8. The second kappa shape index (κ2) is 6.61. The minimum atomic E-state index is -0.511. The number of carbonyl (C=O) groups is 2. The van der Waals surface area contributed by atoms with Crippen LogP contribution < -0.4 is 15.5 Å². The Morgan fingerprint density at radius 1 is 1.29 bits per heavy atom. The quantitative estimate of drug-likeness (QED) is 0.889. The summed E-state index contributed by atoms with van der Waals surface area (Å²) in [6.45, 7) is 6.95. The number of carbonyl (C=O) groups excluding carboxylic acids is 2. The van der Waals surface area contributed by atoms with Crippen LogP contribution in [0.5, 0.6) is 0 Å². The van der Waals surface area contributed by atoms with Gasteiger partial charge in [0.15, 0.2) is 0 Å². The van der Waals surface area contributed by atoms with Crippen LogP contribution in [0.4, 0.5) is 10.5 Å². The average molecular weight is 289 g/mol. The Balaban J connectivity index is 2.15. The highest BCUT2D eigenvalue weighted by Gasteiger charge is 2.32. The standard InChI is InChI=1S/C16H23N3O2/c1-4-17-16(21)18-14(11(2)3)15(20)19-10-9-12-7-5-6-8-13(12)19/h5-8,11,14H,4,9-10H2,1-3H3,(H2,17,18,21)/t14-/m1/s1. The molecule has 1 aromatic rings. The SMILES string of the molecule is CCNC(=O)N[C@@H](C(=O)N1CCc2ccccc21)C(C)C. The van der Waals surface area contributed by atoms with Gasteiger partial charge in [-0.1, -0.05) is 32.0 Å². The van der Waals surface area contributed by atoms with Crippen LogP contribution in [0.25, 0.3) is 0 Å². The monoisotopic (exact) mass is 289 g/mol. The Kier molecular flexibility index (Phi) is 4.83. The topological polar surface area (TPSA) is 61.4 Å². The van der Waals surface area contributed by atoms with Gasteiger partial charge in [0, 0.05) is 18.8 Å². The van der Waals surface area contributed by atoms with Gasteiger partial charge in [-0.15, -0.1) is 0 Å². The minimum Gasteiger partial charge on any atom is -0.338 e. The number of nitrogens with one attached hydrogen (secondary N) is 2. The molecule has 0 fully saturated rings. The van der Waals surface area contributed by atoms with Gasteiger partial charge in [-0.05, 0) is 30.9 Å². The number of fused-ring (bicyclic) bond motifs is 1. The summed E-state index contributed by atoms with van der Waals surface area (Å²) in [5.41, 5.74) is 2.15. The Morgan fingerprint density at radius 3 is 2.67 bits per heavy atom. The Bertz CT molecular complexity index is 528. The largest absolute Gasteiger partial charge is 0.338 e. The number of hydrogen-bond donors (Lipinski definition) is 2. The highest BCUT2D eigenvalue weighted by Crippen LogP contribution is 2.28. The van der Waals surface area contributed by atoms with E-state index in [0.717, 1.165) is 12.1 Å². The predicted molar refractivity (Wildman–Crippen MR) is 83.3 cm³/mol. The van der Waals surface area contributed by atoms with Crippen LogP contribution in [0.3, 0.4) is 0 Å². The van der Waals surface area contributed by atoms with Gasteiger partial charge in [0.25, 0.3) is 0 Å². The third-order valence-corrected chi connectivity index (χ3v) is 3.71. The lowest BCUT2D eigenvalue weighted by Crippen LogP contribution is -2.53. The van der Waals surface area contributed by atoms with Crippen LogP contribution in [-0.4, -0.2) is 31.1 Å². The summed E-state index contributed by atoms with van der Waals surface area (Å²) in [5, 5.41) is 5.46. The van der Waals surface area contributed by atoms with E-state index in [1.165, 1.54) is 5.56 Å². The number of rotatable bonds is 4. The van der Waals surface area contributed by atoms with Crippen LogP contribution in [0.15, 0.2) is 24.3 Å². The van der Waals surface area contributed by atoms with E-state index in [4.69, 9.17) is 0 Å². The van der Waals surface area contributed by atoms with E-state index in [0.29, 0.717) is 13.1 Å². The molecule has 1 aliphatic heterocycles. The van der Waals surface area contributed by atoms with E-state index in [-0.39, 0.29) is 17.9 Å². The van der Waals surface area contributed by atoms with Crippen molar-refractivity contribution >= 4 is 17.6 Å². The van der Waals surface area contributed by atoms with Crippen LogP contribution in [0, 0.1) is 5.92 Å². The first-order valence-electron chi connectivity index (χ1n) is 7.48. The molecular weight excluding hydrogens is 266 g/mol. The fourth-order valence-corrected chi connectivity index (χ4v) is 2.60. The van der Waals surface area contributed by atoms with E-state index in [2.05, 4.69) is 10.6 Å². The zero-order chi connectivity index (χ0) is 15.4. The predicted octanol–water partition coefficient (Wildman–Crippen LogP) is 1.92. The first-order valence-corrected chi connectivity index (χ1v) is 7.48. The highest BCUT2D eigenvalue weighted by molar-refractivity contribution is 6.00.